The van der Waals surface area contributed by atoms with Gasteiger partial charge in [0.25, 0.3) is 0 Å². The van der Waals surface area contributed by atoms with Crippen LogP contribution in [0.3, 0.4) is 0 Å². The number of likely N-dealkylation sites (tertiary alicyclic amines) is 1. The molecule has 1 unspecified atom stereocenters. The molecule has 0 saturated carbocycles. The lowest BCUT2D eigenvalue weighted by atomic mass is 10.1. The Morgan fingerprint density at radius 2 is 1.73 bits per heavy atom. The SMILES string of the molecule is Cc1cncc(C(O)Nc2cccc([C@H](C)Nc3cncc(-c4ccc(NCCN5CCCCC5)nc4)n3)c2)c1. The maximum atomic E-state index is 10.6. The van der Waals surface area contributed by atoms with Gasteiger partial charge in [-0.25, -0.2) is 9.97 Å². The topological polar surface area (TPSA) is 111 Å². The standard InChI is InChI=1S/C31H38N8O/c1-22-15-26(18-32-17-22)31(40)37-27-8-6-7-24(16-27)23(2)36-30-21-33-20-28(38-30)25-9-10-29(35-19-25)34-11-14-39-12-4-3-5-13-39/h6-10,15-21,23,31,37,40H,3-5,11-14H2,1-2H3,(H,34,35)(H,36,38)/t23-,31?/m0/s1. The molecule has 1 saturated heterocycles. The van der Waals surface area contributed by atoms with E-state index in [2.05, 4.69) is 42.7 Å². The maximum Gasteiger partial charge on any atom is 0.152 e. The van der Waals surface area contributed by atoms with Crippen molar-refractivity contribution >= 4 is 17.3 Å². The van der Waals surface area contributed by atoms with Crippen molar-refractivity contribution in [3.63, 3.8) is 0 Å². The molecule has 0 bridgehead atoms. The van der Waals surface area contributed by atoms with Crippen LogP contribution in [-0.2, 0) is 0 Å². The molecule has 4 heterocycles. The smallest absolute Gasteiger partial charge is 0.152 e. The molecular weight excluding hydrogens is 500 g/mol. The van der Waals surface area contributed by atoms with E-state index in [1.54, 1.807) is 24.8 Å². The minimum atomic E-state index is -0.849. The Labute approximate surface area is 236 Å². The largest absolute Gasteiger partial charge is 0.369 e. The predicted molar refractivity (Wildman–Crippen MR) is 160 cm³/mol. The van der Waals surface area contributed by atoms with Gasteiger partial charge in [-0.2, -0.15) is 0 Å². The zero-order valence-electron chi connectivity index (χ0n) is 23.2. The molecule has 9 nitrogen and oxygen atoms in total. The predicted octanol–water partition coefficient (Wildman–Crippen LogP) is 5.42. The van der Waals surface area contributed by atoms with Crippen LogP contribution in [0.25, 0.3) is 11.3 Å². The van der Waals surface area contributed by atoms with Crippen LogP contribution < -0.4 is 16.0 Å². The fourth-order valence-corrected chi connectivity index (χ4v) is 4.92. The lowest BCUT2D eigenvalue weighted by Gasteiger charge is -2.26. The summed E-state index contributed by atoms with van der Waals surface area (Å²) in [6, 6.07) is 13.9. The van der Waals surface area contributed by atoms with Crippen LogP contribution >= 0.6 is 0 Å². The molecule has 4 N–H and O–H groups in total. The van der Waals surface area contributed by atoms with Crippen LogP contribution in [-0.4, -0.2) is 56.1 Å². The molecule has 208 valence electrons. The van der Waals surface area contributed by atoms with Gasteiger partial charge in [0.1, 0.15) is 11.6 Å². The zero-order chi connectivity index (χ0) is 27.7. The number of aliphatic hydroxyl groups is 1. The summed E-state index contributed by atoms with van der Waals surface area (Å²) in [5.74, 6) is 1.55. The average Bonchev–Trinajstić information content (AvgIpc) is 2.98. The number of nitrogens with zero attached hydrogens (tertiary/aromatic N) is 5. The number of anilines is 3. The monoisotopic (exact) mass is 538 g/mol. The average molecular weight is 539 g/mol. The van der Waals surface area contributed by atoms with Crippen molar-refractivity contribution in [3.8, 4) is 11.3 Å². The Morgan fingerprint density at radius 1 is 0.875 bits per heavy atom. The van der Waals surface area contributed by atoms with Gasteiger partial charge in [-0.15, -0.1) is 0 Å². The summed E-state index contributed by atoms with van der Waals surface area (Å²) in [6.45, 7) is 8.36. The van der Waals surface area contributed by atoms with Crippen LogP contribution in [0.15, 0.2) is 73.4 Å². The Kier molecular flexibility index (Phi) is 9.15. The van der Waals surface area contributed by atoms with Crippen LogP contribution in [0, 0.1) is 6.92 Å². The summed E-state index contributed by atoms with van der Waals surface area (Å²) >= 11 is 0. The van der Waals surface area contributed by atoms with Gasteiger partial charge in [0.2, 0.25) is 0 Å². The summed E-state index contributed by atoms with van der Waals surface area (Å²) in [5, 5.41) is 20.7. The van der Waals surface area contributed by atoms with Crippen LogP contribution in [0.1, 0.15) is 55.1 Å². The second-order valence-electron chi connectivity index (χ2n) is 10.4. The third-order valence-electron chi connectivity index (χ3n) is 7.14. The van der Waals surface area contributed by atoms with Crippen molar-refractivity contribution in [2.75, 3.05) is 42.1 Å². The lowest BCUT2D eigenvalue weighted by molar-refractivity contribution is 0.207. The van der Waals surface area contributed by atoms with Crippen LogP contribution in [0.2, 0.25) is 0 Å². The fourth-order valence-electron chi connectivity index (χ4n) is 4.92. The molecule has 3 aromatic heterocycles. The summed E-state index contributed by atoms with van der Waals surface area (Å²) in [5.41, 5.74) is 5.26. The molecule has 0 spiro atoms. The van der Waals surface area contributed by atoms with Crippen molar-refractivity contribution < 1.29 is 5.11 Å². The minimum absolute atomic E-state index is 0.0336. The number of pyridine rings is 2. The summed E-state index contributed by atoms with van der Waals surface area (Å²) in [4.78, 5) is 20.4. The Hall–Kier alpha value is -4.08. The van der Waals surface area contributed by atoms with Gasteiger partial charge >= 0.3 is 0 Å². The van der Waals surface area contributed by atoms with Crippen LogP contribution in [0.5, 0.6) is 0 Å². The Balaban J connectivity index is 1.17. The molecule has 2 atom stereocenters. The highest BCUT2D eigenvalue weighted by Gasteiger charge is 2.12. The van der Waals surface area contributed by atoms with Crippen molar-refractivity contribution in [3.05, 3.63) is 90.1 Å². The van der Waals surface area contributed by atoms with Crippen LogP contribution in [0.4, 0.5) is 17.3 Å². The quantitative estimate of drug-likeness (QED) is 0.186. The van der Waals surface area contributed by atoms with E-state index in [1.807, 2.05) is 55.6 Å². The Morgan fingerprint density at radius 3 is 2.52 bits per heavy atom. The number of nitrogens with one attached hydrogen (secondary N) is 3. The first-order valence-corrected chi connectivity index (χ1v) is 14.0. The van der Waals surface area contributed by atoms with E-state index in [0.717, 1.165) is 52.5 Å². The molecule has 0 amide bonds. The van der Waals surface area contributed by atoms with Gasteiger partial charge in [-0.3, -0.25) is 9.97 Å². The summed E-state index contributed by atoms with van der Waals surface area (Å²) < 4.78 is 0. The molecule has 4 aromatic rings. The normalized spacial score (nSPS) is 15.3. The number of aryl methyl sites for hydroxylation is 1. The van der Waals surface area contributed by atoms with E-state index in [1.165, 1.54) is 32.4 Å². The van der Waals surface area contributed by atoms with E-state index in [-0.39, 0.29) is 6.04 Å². The number of benzene rings is 1. The van der Waals surface area contributed by atoms with Crippen molar-refractivity contribution in [1.29, 1.82) is 0 Å². The third kappa shape index (κ3) is 7.52. The second-order valence-corrected chi connectivity index (χ2v) is 10.4. The molecule has 1 aliphatic rings. The number of hydrogen-bond donors (Lipinski definition) is 4. The third-order valence-corrected chi connectivity index (χ3v) is 7.14. The summed E-state index contributed by atoms with van der Waals surface area (Å²) in [6.07, 6.45) is 11.9. The molecule has 40 heavy (non-hydrogen) atoms. The zero-order valence-corrected chi connectivity index (χ0v) is 23.2. The number of hydrogen-bond acceptors (Lipinski definition) is 9. The Bertz CT molecular complexity index is 1370. The van der Waals surface area contributed by atoms with E-state index in [9.17, 15) is 5.11 Å². The number of aromatic nitrogens is 4. The van der Waals surface area contributed by atoms with Gasteiger partial charge in [0.15, 0.2) is 6.23 Å². The molecule has 0 aliphatic carbocycles. The minimum Gasteiger partial charge on any atom is -0.369 e. The molecule has 5 rings (SSSR count). The molecule has 1 fully saturated rings. The molecule has 1 aromatic carbocycles. The van der Waals surface area contributed by atoms with E-state index >= 15 is 0 Å². The maximum absolute atomic E-state index is 10.6. The molecular formula is C31H38N8O. The first-order valence-electron chi connectivity index (χ1n) is 14.0. The number of aliphatic hydroxyl groups excluding tert-OH is 1. The lowest BCUT2D eigenvalue weighted by Crippen LogP contribution is -2.33. The van der Waals surface area contributed by atoms with Crippen molar-refractivity contribution in [2.24, 2.45) is 0 Å². The highest BCUT2D eigenvalue weighted by molar-refractivity contribution is 5.60. The van der Waals surface area contributed by atoms with Gasteiger partial charge in [0.05, 0.1) is 24.1 Å². The first kappa shape index (κ1) is 27.5. The van der Waals surface area contributed by atoms with Gasteiger partial charge in [-0.05, 0) is 81.2 Å². The summed E-state index contributed by atoms with van der Waals surface area (Å²) in [7, 11) is 0. The fraction of sp³-hybridized carbons (Fsp3) is 0.355. The molecule has 9 heteroatoms. The first-order chi connectivity index (χ1) is 19.5. The number of rotatable bonds is 11. The van der Waals surface area contributed by atoms with Gasteiger partial charge in [-0.1, -0.05) is 18.6 Å². The van der Waals surface area contributed by atoms with E-state index in [4.69, 9.17) is 4.98 Å². The second kappa shape index (κ2) is 13.3. The van der Waals surface area contributed by atoms with Gasteiger partial charge < -0.3 is 26.0 Å². The number of piperidine rings is 1. The molecule has 1 aliphatic heterocycles. The van der Waals surface area contributed by atoms with Crippen molar-refractivity contribution in [2.45, 2.75) is 45.4 Å². The highest BCUT2D eigenvalue weighted by atomic mass is 16.3. The molecule has 0 radical (unpaired) electrons. The van der Waals surface area contributed by atoms with E-state index < -0.39 is 6.23 Å². The van der Waals surface area contributed by atoms with Gasteiger partial charge in [0, 0.05) is 48.5 Å². The van der Waals surface area contributed by atoms with Crippen molar-refractivity contribution in [1.82, 2.24) is 24.8 Å². The highest BCUT2D eigenvalue weighted by Crippen LogP contribution is 2.25. The van der Waals surface area contributed by atoms with E-state index in [0.29, 0.717) is 5.82 Å².